The molecule has 8 heteroatoms. The van der Waals surface area contributed by atoms with Gasteiger partial charge in [-0.15, -0.1) is 0 Å². The molecule has 0 spiro atoms. The van der Waals surface area contributed by atoms with Gasteiger partial charge in [-0.05, 0) is 13.0 Å². The van der Waals surface area contributed by atoms with E-state index in [2.05, 4.69) is 9.98 Å². The molecule has 0 saturated carbocycles. The summed E-state index contributed by atoms with van der Waals surface area (Å²) in [6, 6.07) is 1.51. The highest BCUT2D eigenvalue weighted by Crippen LogP contribution is 2.40. The van der Waals surface area contributed by atoms with E-state index in [4.69, 9.17) is 9.84 Å². The van der Waals surface area contributed by atoms with Crippen LogP contribution in [0.2, 0.25) is 0 Å². The molecule has 1 aliphatic rings. The van der Waals surface area contributed by atoms with Crippen LogP contribution in [0.3, 0.4) is 0 Å². The zero-order valence-corrected chi connectivity index (χ0v) is 12.2. The van der Waals surface area contributed by atoms with Crippen LogP contribution in [0.1, 0.15) is 19.6 Å². The number of ether oxygens (including phenoxy) is 1. The van der Waals surface area contributed by atoms with Crippen molar-refractivity contribution >= 4 is 12.2 Å². The Bertz CT molecular complexity index is 585. The lowest BCUT2D eigenvalue weighted by Crippen LogP contribution is -2.35. The molecule has 2 heterocycles. The van der Waals surface area contributed by atoms with Crippen LogP contribution in [-0.4, -0.2) is 58.4 Å². The molecular weight excluding hydrogens is 279 g/mol. The SMILES string of the molecule is CN(C)/C=N/c1ccn([C@@H]2O[C@H](CO)C[C@@]2(C)F)c(=O)n1. The Morgan fingerprint density at radius 2 is 2.43 bits per heavy atom. The third-order valence-corrected chi connectivity index (χ3v) is 3.16. The fraction of sp³-hybridized carbons (Fsp3) is 0.615. The van der Waals surface area contributed by atoms with E-state index in [1.54, 1.807) is 19.0 Å². The summed E-state index contributed by atoms with van der Waals surface area (Å²) < 4.78 is 20.9. The third kappa shape index (κ3) is 3.45. The highest BCUT2D eigenvalue weighted by atomic mass is 19.1. The zero-order valence-electron chi connectivity index (χ0n) is 12.2. The Labute approximate surface area is 121 Å². The van der Waals surface area contributed by atoms with Crippen molar-refractivity contribution in [2.45, 2.75) is 31.3 Å². The molecule has 0 amide bonds. The molecule has 1 saturated heterocycles. The number of aliphatic hydroxyl groups excluding tert-OH is 1. The lowest BCUT2D eigenvalue weighted by Gasteiger charge is -2.22. The van der Waals surface area contributed by atoms with E-state index in [1.165, 1.54) is 25.5 Å². The van der Waals surface area contributed by atoms with Crippen molar-refractivity contribution in [2.24, 2.45) is 4.99 Å². The molecule has 0 radical (unpaired) electrons. The zero-order chi connectivity index (χ0) is 15.6. The number of alkyl halides is 1. The molecule has 2 rings (SSSR count). The van der Waals surface area contributed by atoms with Gasteiger partial charge >= 0.3 is 5.69 Å². The van der Waals surface area contributed by atoms with Crippen molar-refractivity contribution in [3.63, 3.8) is 0 Å². The second kappa shape index (κ2) is 5.90. The number of aliphatic hydroxyl groups is 1. The summed E-state index contributed by atoms with van der Waals surface area (Å²) in [5.41, 5.74) is -2.39. The number of nitrogens with zero attached hydrogens (tertiary/aromatic N) is 4. The molecular formula is C13H19FN4O3. The number of hydrogen-bond donors (Lipinski definition) is 1. The molecule has 1 N–H and O–H groups in total. The Morgan fingerprint density at radius 3 is 2.95 bits per heavy atom. The summed E-state index contributed by atoms with van der Waals surface area (Å²) in [5.74, 6) is 0.238. The predicted molar refractivity (Wildman–Crippen MR) is 75.5 cm³/mol. The van der Waals surface area contributed by atoms with Crippen molar-refractivity contribution < 1.29 is 14.2 Å². The maximum absolute atomic E-state index is 14.5. The van der Waals surface area contributed by atoms with E-state index < -0.39 is 23.7 Å². The van der Waals surface area contributed by atoms with Crippen LogP contribution < -0.4 is 5.69 Å². The van der Waals surface area contributed by atoms with E-state index in [9.17, 15) is 9.18 Å². The first-order valence-corrected chi connectivity index (χ1v) is 6.58. The minimum atomic E-state index is -1.74. The van der Waals surface area contributed by atoms with Gasteiger partial charge in [0.05, 0.1) is 19.0 Å². The van der Waals surface area contributed by atoms with E-state index in [0.29, 0.717) is 0 Å². The Balaban J connectivity index is 2.27. The summed E-state index contributed by atoms with van der Waals surface area (Å²) >= 11 is 0. The molecule has 0 aromatic carbocycles. The van der Waals surface area contributed by atoms with Gasteiger partial charge in [0.1, 0.15) is 0 Å². The van der Waals surface area contributed by atoms with Crippen molar-refractivity contribution in [3.05, 3.63) is 22.7 Å². The smallest absolute Gasteiger partial charge is 0.351 e. The van der Waals surface area contributed by atoms with Crippen LogP contribution in [0, 0.1) is 0 Å². The number of aliphatic imine (C=N–C) groups is 1. The van der Waals surface area contributed by atoms with Crippen LogP contribution in [-0.2, 0) is 4.74 Å². The Morgan fingerprint density at radius 1 is 1.71 bits per heavy atom. The van der Waals surface area contributed by atoms with Crippen LogP contribution in [0.15, 0.2) is 22.1 Å². The van der Waals surface area contributed by atoms with Gasteiger partial charge in [-0.3, -0.25) is 4.57 Å². The average molecular weight is 298 g/mol. The van der Waals surface area contributed by atoms with Gasteiger partial charge in [-0.2, -0.15) is 4.98 Å². The lowest BCUT2D eigenvalue weighted by molar-refractivity contribution is -0.0609. The first kappa shape index (κ1) is 15.6. The van der Waals surface area contributed by atoms with Crippen molar-refractivity contribution in [3.8, 4) is 0 Å². The summed E-state index contributed by atoms with van der Waals surface area (Å²) in [6.45, 7) is 1.06. The predicted octanol–water partition coefficient (Wildman–Crippen LogP) is 0.473. The fourth-order valence-corrected chi connectivity index (χ4v) is 2.21. The standard InChI is InChI=1S/C13H19FN4O3/c1-13(14)6-9(7-19)21-11(13)18-5-4-10(16-12(18)20)15-8-17(2)3/h4-5,8-9,11,19H,6-7H2,1-3H3/b15-8+/t9-,11+,13+/m0/s1. The van der Waals surface area contributed by atoms with Gasteiger partial charge in [-0.1, -0.05) is 0 Å². The first-order chi connectivity index (χ1) is 9.83. The average Bonchev–Trinajstić information content (AvgIpc) is 2.71. The Kier molecular flexibility index (Phi) is 4.38. The summed E-state index contributed by atoms with van der Waals surface area (Å²) in [6.07, 6.45) is 1.23. The molecule has 0 unspecified atom stereocenters. The van der Waals surface area contributed by atoms with Gasteiger partial charge in [-0.25, -0.2) is 14.2 Å². The molecule has 116 valence electrons. The van der Waals surface area contributed by atoms with E-state index in [1.807, 2.05) is 0 Å². The van der Waals surface area contributed by atoms with Crippen LogP contribution in [0.4, 0.5) is 10.2 Å². The molecule has 1 aliphatic heterocycles. The van der Waals surface area contributed by atoms with E-state index in [-0.39, 0.29) is 18.8 Å². The van der Waals surface area contributed by atoms with Gasteiger partial charge in [0.25, 0.3) is 0 Å². The summed E-state index contributed by atoms with van der Waals surface area (Å²) in [4.78, 5) is 21.5. The van der Waals surface area contributed by atoms with Crippen LogP contribution >= 0.6 is 0 Å². The second-order valence-electron chi connectivity index (χ2n) is 5.46. The normalized spacial score (nSPS) is 29.2. The molecule has 1 aromatic rings. The maximum Gasteiger partial charge on any atom is 0.351 e. The van der Waals surface area contributed by atoms with Crippen molar-refractivity contribution in [1.29, 1.82) is 0 Å². The maximum atomic E-state index is 14.5. The number of rotatable bonds is 4. The topological polar surface area (TPSA) is 80.0 Å². The van der Waals surface area contributed by atoms with Crippen LogP contribution in [0.5, 0.6) is 0 Å². The molecule has 1 aromatic heterocycles. The monoisotopic (exact) mass is 298 g/mol. The Hall–Kier alpha value is -1.80. The minimum Gasteiger partial charge on any atom is -0.394 e. The number of hydrogen-bond acceptors (Lipinski definition) is 5. The molecule has 1 fully saturated rings. The lowest BCUT2D eigenvalue weighted by atomic mass is 10.0. The quantitative estimate of drug-likeness (QED) is 0.646. The second-order valence-corrected chi connectivity index (χ2v) is 5.46. The van der Waals surface area contributed by atoms with Gasteiger partial charge in [0, 0.05) is 26.7 Å². The largest absolute Gasteiger partial charge is 0.394 e. The molecule has 21 heavy (non-hydrogen) atoms. The van der Waals surface area contributed by atoms with Gasteiger partial charge in [0.15, 0.2) is 17.7 Å². The van der Waals surface area contributed by atoms with Crippen molar-refractivity contribution in [1.82, 2.24) is 14.5 Å². The van der Waals surface area contributed by atoms with Gasteiger partial charge in [0.2, 0.25) is 0 Å². The number of aromatic nitrogens is 2. The molecule has 0 bridgehead atoms. The fourth-order valence-electron chi connectivity index (χ4n) is 2.21. The first-order valence-electron chi connectivity index (χ1n) is 6.58. The van der Waals surface area contributed by atoms with E-state index >= 15 is 0 Å². The van der Waals surface area contributed by atoms with Gasteiger partial charge < -0.3 is 14.7 Å². The molecule has 3 atom stereocenters. The minimum absolute atomic E-state index is 0.0289. The highest BCUT2D eigenvalue weighted by molar-refractivity contribution is 5.58. The molecule has 7 nitrogen and oxygen atoms in total. The molecule has 0 aliphatic carbocycles. The summed E-state index contributed by atoms with van der Waals surface area (Å²) in [5, 5.41) is 9.08. The third-order valence-electron chi connectivity index (χ3n) is 3.16. The van der Waals surface area contributed by atoms with Crippen molar-refractivity contribution in [2.75, 3.05) is 20.7 Å². The number of halogens is 1. The highest BCUT2D eigenvalue weighted by Gasteiger charge is 2.47. The van der Waals surface area contributed by atoms with E-state index in [0.717, 1.165) is 4.57 Å². The van der Waals surface area contributed by atoms with Crippen LogP contribution in [0.25, 0.3) is 0 Å². The summed E-state index contributed by atoms with van der Waals surface area (Å²) in [7, 11) is 3.58.